The third kappa shape index (κ3) is 4.60. The molecule has 0 saturated heterocycles. The van der Waals surface area contributed by atoms with Crippen LogP contribution in [-0.2, 0) is 20.7 Å². The van der Waals surface area contributed by atoms with Crippen molar-refractivity contribution in [3.63, 3.8) is 0 Å². The number of amides is 1. The van der Waals surface area contributed by atoms with Crippen LogP contribution in [0.25, 0.3) is 0 Å². The molecule has 25 heavy (non-hydrogen) atoms. The number of rotatable bonds is 6. The molecule has 2 aromatic heterocycles. The zero-order valence-corrected chi connectivity index (χ0v) is 13.8. The van der Waals surface area contributed by atoms with Crippen molar-refractivity contribution in [2.75, 3.05) is 19.5 Å². The molecule has 2 heterocycles. The Morgan fingerprint density at radius 2 is 1.56 bits per heavy atom. The average molecular weight is 343 g/mol. The van der Waals surface area contributed by atoms with Gasteiger partial charge in [0.2, 0.25) is 5.91 Å². The average Bonchev–Trinajstić information content (AvgIpc) is 2.65. The maximum Gasteiger partial charge on any atom is 0.358 e. The molecule has 0 saturated carbocycles. The molecule has 0 aromatic carbocycles. The lowest BCUT2D eigenvalue weighted by Crippen LogP contribution is -2.17. The van der Waals surface area contributed by atoms with Gasteiger partial charge in [-0.25, -0.2) is 19.6 Å². The van der Waals surface area contributed by atoms with E-state index in [2.05, 4.69) is 24.8 Å². The highest BCUT2D eigenvalue weighted by molar-refractivity contribution is 5.99. The Labute approximate surface area is 144 Å². The molecule has 2 rings (SSSR count). The van der Waals surface area contributed by atoms with Crippen molar-refractivity contribution < 1.29 is 23.9 Å². The Kier molecular flexibility index (Phi) is 6.16. The highest BCUT2D eigenvalue weighted by Crippen LogP contribution is 2.15. The summed E-state index contributed by atoms with van der Waals surface area (Å²) >= 11 is 0. The number of carbonyl (C=O) groups excluding carboxylic acids is 3. The Bertz CT molecular complexity index is 791. The molecular weight excluding hydrogens is 326 g/mol. The van der Waals surface area contributed by atoms with Crippen molar-refractivity contribution in [1.82, 2.24) is 9.97 Å². The van der Waals surface area contributed by atoms with Crippen LogP contribution in [0, 0.1) is 0 Å². The lowest BCUT2D eigenvalue weighted by molar-refractivity contribution is -0.116. The van der Waals surface area contributed by atoms with Gasteiger partial charge in [0, 0.05) is 18.8 Å². The number of aromatic nitrogens is 2. The third-order valence-electron chi connectivity index (χ3n) is 3.35. The Balaban J connectivity index is 2.06. The number of methoxy groups -OCH3 is 2. The maximum atomic E-state index is 12.2. The summed E-state index contributed by atoms with van der Waals surface area (Å²) in [4.78, 5) is 43.4. The molecular formula is C17H17N3O5. The smallest absolute Gasteiger partial charge is 0.358 e. The molecule has 0 fully saturated rings. The molecule has 1 amide bonds. The minimum Gasteiger partial charge on any atom is -0.464 e. The maximum absolute atomic E-state index is 12.2. The fourth-order valence-electron chi connectivity index (χ4n) is 2.15. The van der Waals surface area contributed by atoms with Crippen molar-refractivity contribution in [2.24, 2.45) is 0 Å². The minimum atomic E-state index is -0.642. The van der Waals surface area contributed by atoms with E-state index >= 15 is 0 Å². The number of nitrogens with zero attached hydrogens (tertiary/aromatic N) is 2. The van der Waals surface area contributed by atoms with Crippen LogP contribution in [0.3, 0.4) is 0 Å². The van der Waals surface area contributed by atoms with Crippen LogP contribution in [0.4, 0.5) is 5.69 Å². The fraction of sp³-hybridized carbons (Fsp3) is 0.235. The molecule has 8 nitrogen and oxygen atoms in total. The first-order chi connectivity index (χ1) is 12.1. The first-order valence-electron chi connectivity index (χ1n) is 7.42. The quantitative estimate of drug-likeness (QED) is 0.794. The first kappa shape index (κ1) is 18.1. The molecule has 0 bridgehead atoms. The number of hydrogen-bond acceptors (Lipinski definition) is 7. The Hall–Kier alpha value is -3.29. The number of carbonyl (C=O) groups is 3. The molecule has 0 atom stereocenters. The van der Waals surface area contributed by atoms with Gasteiger partial charge in [-0.3, -0.25) is 4.79 Å². The summed E-state index contributed by atoms with van der Waals surface area (Å²) in [6, 6.07) is 6.53. The largest absolute Gasteiger partial charge is 0.464 e. The van der Waals surface area contributed by atoms with E-state index in [0.717, 1.165) is 0 Å². The monoisotopic (exact) mass is 343 g/mol. The van der Waals surface area contributed by atoms with E-state index < -0.39 is 11.9 Å². The second-order valence-electron chi connectivity index (χ2n) is 4.94. The second kappa shape index (κ2) is 8.53. The van der Waals surface area contributed by atoms with E-state index in [9.17, 15) is 14.4 Å². The van der Waals surface area contributed by atoms with Gasteiger partial charge in [0.05, 0.1) is 19.9 Å². The summed E-state index contributed by atoms with van der Waals surface area (Å²) in [5, 5.41) is 2.62. The highest BCUT2D eigenvalue weighted by atomic mass is 16.5. The predicted molar refractivity (Wildman–Crippen MR) is 88.1 cm³/mol. The lowest BCUT2D eigenvalue weighted by atomic mass is 10.1. The summed E-state index contributed by atoms with van der Waals surface area (Å²) in [7, 11) is 2.50. The van der Waals surface area contributed by atoms with Crippen molar-refractivity contribution in [2.45, 2.75) is 12.8 Å². The molecule has 0 aliphatic rings. The van der Waals surface area contributed by atoms with Gasteiger partial charge in [-0.2, -0.15) is 0 Å². The minimum absolute atomic E-state index is 0.0231. The number of pyridine rings is 2. The molecule has 0 spiro atoms. The Morgan fingerprint density at radius 3 is 2.24 bits per heavy atom. The van der Waals surface area contributed by atoms with Crippen molar-refractivity contribution in [3.8, 4) is 0 Å². The van der Waals surface area contributed by atoms with Crippen LogP contribution in [0.15, 0.2) is 36.7 Å². The molecule has 0 radical (unpaired) electrons. The summed E-state index contributed by atoms with van der Waals surface area (Å²) in [6.45, 7) is 0. The van der Waals surface area contributed by atoms with Gasteiger partial charge in [0.1, 0.15) is 0 Å². The van der Waals surface area contributed by atoms with E-state index in [1.54, 1.807) is 24.3 Å². The summed E-state index contributed by atoms with van der Waals surface area (Å²) in [5.74, 6) is -1.54. The summed E-state index contributed by atoms with van der Waals surface area (Å²) < 4.78 is 9.30. The Morgan fingerprint density at radius 1 is 0.960 bits per heavy atom. The van der Waals surface area contributed by atoms with Crippen molar-refractivity contribution >= 4 is 23.5 Å². The van der Waals surface area contributed by atoms with Gasteiger partial charge in [-0.05, 0) is 30.2 Å². The number of nitrogens with one attached hydrogen (secondary N) is 1. The molecule has 0 aliphatic carbocycles. The summed E-state index contributed by atoms with van der Waals surface area (Å²) in [5.41, 5.74) is 1.06. The number of ether oxygens (including phenoxy) is 2. The van der Waals surface area contributed by atoms with Crippen LogP contribution in [0.2, 0.25) is 0 Å². The van der Waals surface area contributed by atoms with Gasteiger partial charge >= 0.3 is 11.9 Å². The SMILES string of the molecule is COC(=O)c1ncccc1CCC(=O)Nc1cccnc1C(=O)OC. The van der Waals surface area contributed by atoms with E-state index in [4.69, 9.17) is 0 Å². The van der Waals surface area contributed by atoms with Gasteiger partial charge in [0.25, 0.3) is 0 Å². The lowest BCUT2D eigenvalue weighted by Gasteiger charge is -2.09. The van der Waals surface area contributed by atoms with Crippen LogP contribution in [0.1, 0.15) is 33.0 Å². The van der Waals surface area contributed by atoms with Crippen LogP contribution < -0.4 is 5.32 Å². The van der Waals surface area contributed by atoms with Crippen LogP contribution in [-0.4, -0.2) is 42.0 Å². The van der Waals surface area contributed by atoms with Gasteiger partial charge < -0.3 is 14.8 Å². The molecule has 0 unspecified atom stereocenters. The number of anilines is 1. The van der Waals surface area contributed by atoms with Crippen LogP contribution in [0.5, 0.6) is 0 Å². The van der Waals surface area contributed by atoms with Crippen molar-refractivity contribution in [3.05, 3.63) is 53.6 Å². The zero-order valence-electron chi connectivity index (χ0n) is 13.8. The normalized spacial score (nSPS) is 10.0. The van der Waals surface area contributed by atoms with Crippen LogP contribution >= 0.6 is 0 Å². The second-order valence-corrected chi connectivity index (χ2v) is 4.94. The van der Waals surface area contributed by atoms with Gasteiger partial charge in [-0.1, -0.05) is 6.07 Å². The molecule has 1 N–H and O–H groups in total. The van der Waals surface area contributed by atoms with E-state index in [0.29, 0.717) is 5.56 Å². The van der Waals surface area contributed by atoms with Gasteiger partial charge in [-0.15, -0.1) is 0 Å². The molecule has 8 heteroatoms. The van der Waals surface area contributed by atoms with E-state index in [1.807, 2.05) is 0 Å². The first-order valence-corrected chi connectivity index (χ1v) is 7.42. The zero-order chi connectivity index (χ0) is 18.2. The molecule has 0 aliphatic heterocycles. The highest BCUT2D eigenvalue weighted by Gasteiger charge is 2.17. The van der Waals surface area contributed by atoms with Crippen molar-refractivity contribution in [1.29, 1.82) is 0 Å². The number of aryl methyl sites for hydroxylation is 1. The third-order valence-corrected chi connectivity index (χ3v) is 3.35. The molecule has 2 aromatic rings. The topological polar surface area (TPSA) is 107 Å². The summed E-state index contributed by atoms with van der Waals surface area (Å²) in [6.07, 6.45) is 3.29. The van der Waals surface area contributed by atoms with E-state index in [1.165, 1.54) is 26.6 Å². The fourth-order valence-corrected chi connectivity index (χ4v) is 2.15. The standard InChI is InChI=1S/C17H17N3O5/c1-24-16(22)14-11(5-3-9-18-14)7-8-13(21)20-12-6-4-10-19-15(12)17(23)25-2/h3-6,9-10H,7-8H2,1-2H3,(H,20,21). The van der Waals surface area contributed by atoms with E-state index in [-0.39, 0.29) is 35.8 Å². The van der Waals surface area contributed by atoms with Gasteiger partial charge in [0.15, 0.2) is 11.4 Å². The number of hydrogen-bond donors (Lipinski definition) is 1. The number of esters is 2. The molecule has 130 valence electrons. The predicted octanol–water partition coefficient (Wildman–Crippen LogP) is 1.62.